The monoisotopic (exact) mass is 371 g/mol. The Labute approximate surface area is 154 Å². The average molecular weight is 371 g/mol. The highest BCUT2D eigenvalue weighted by molar-refractivity contribution is 7.15. The van der Waals surface area contributed by atoms with E-state index in [0.29, 0.717) is 17.0 Å². The normalized spacial score (nSPS) is 19.1. The third kappa shape index (κ3) is 3.35. The molecule has 0 bridgehead atoms. The second-order valence-electron chi connectivity index (χ2n) is 6.33. The lowest BCUT2D eigenvalue weighted by atomic mass is 10.0. The van der Waals surface area contributed by atoms with Crippen molar-refractivity contribution >= 4 is 34.2 Å². The van der Waals surface area contributed by atoms with Crippen molar-refractivity contribution in [3.05, 3.63) is 41.3 Å². The van der Waals surface area contributed by atoms with Gasteiger partial charge in [-0.3, -0.25) is 4.79 Å². The molecule has 1 aromatic carbocycles. The summed E-state index contributed by atoms with van der Waals surface area (Å²) in [5.74, 6) is -1.22. The molecule has 4 rings (SSSR count). The van der Waals surface area contributed by atoms with Crippen LogP contribution in [-0.2, 0) is 19.1 Å². The van der Waals surface area contributed by atoms with Gasteiger partial charge in [-0.2, -0.15) is 0 Å². The molecule has 0 spiro atoms. The number of cyclic esters (lactones) is 1. The molecule has 1 aromatic heterocycles. The Balaban J connectivity index is 1.66. The van der Waals surface area contributed by atoms with E-state index < -0.39 is 18.0 Å². The predicted octanol–water partition coefficient (Wildman–Crippen LogP) is 3.24. The van der Waals surface area contributed by atoms with E-state index in [1.165, 1.54) is 11.3 Å². The number of benzene rings is 1. The first kappa shape index (κ1) is 16.8. The summed E-state index contributed by atoms with van der Waals surface area (Å²) in [7, 11) is 0. The number of esters is 2. The van der Waals surface area contributed by atoms with E-state index >= 15 is 0 Å². The van der Waals surface area contributed by atoms with Gasteiger partial charge in [-0.05, 0) is 18.4 Å². The fourth-order valence-corrected chi connectivity index (χ4v) is 3.78. The molecule has 26 heavy (non-hydrogen) atoms. The molecule has 1 atom stereocenters. The molecule has 1 N–H and O–H groups in total. The molecule has 7 heteroatoms. The van der Waals surface area contributed by atoms with Crippen LogP contribution in [0.1, 0.15) is 29.6 Å². The van der Waals surface area contributed by atoms with Gasteiger partial charge in [-0.1, -0.05) is 30.3 Å². The van der Waals surface area contributed by atoms with Crippen molar-refractivity contribution in [1.29, 1.82) is 0 Å². The summed E-state index contributed by atoms with van der Waals surface area (Å²) >= 11 is 1.28. The average Bonchev–Trinajstić information content (AvgIpc) is 3.31. The standard InChI is InChI=1S/C19H17NO5S/c21-16(12-6-7-12)20-17-15(19(23)25-14-8-9-24-18(14)22)13(10-26-17)11-4-2-1-3-5-11/h1-5,10,12,14H,6-9H2,(H,20,21). The molecule has 2 heterocycles. The van der Waals surface area contributed by atoms with Gasteiger partial charge >= 0.3 is 11.9 Å². The number of rotatable bonds is 5. The first-order chi connectivity index (χ1) is 12.6. The van der Waals surface area contributed by atoms with E-state index in [1.54, 1.807) is 0 Å². The Morgan fingerprint density at radius 1 is 1.15 bits per heavy atom. The first-order valence-corrected chi connectivity index (χ1v) is 9.37. The van der Waals surface area contributed by atoms with Crippen LogP contribution >= 0.6 is 11.3 Å². The second kappa shape index (κ2) is 6.92. The van der Waals surface area contributed by atoms with Crippen LogP contribution in [0, 0.1) is 5.92 Å². The van der Waals surface area contributed by atoms with Gasteiger partial charge in [-0.15, -0.1) is 11.3 Å². The molecule has 1 saturated heterocycles. The van der Waals surface area contributed by atoms with Crippen molar-refractivity contribution in [2.75, 3.05) is 11.9 Å². The number of thiophene rings is 1. The van der Waals surface area contributed by atoms with Crippen LogP contribution in [0.3, 0.4) is 0 Å². The molecular formula is C19H17NO5S. The fraction of sp³-hybridized carbons (Fsp3) is 0.316. The molecule has 134 valence electrons. The molecular weight excluding hydrogens is 354 g/mol. The number of amides is 1. The summed E-state index contributed by atoms with van der Waals surface area (Å²) in [6.07, 6.45) is 1.20. The zero-order valence-electron chi connectivity index (χ0n) is 13.9. The smallest absolute Gasteiger partial charge is 0.347 e. The van der Waals surface area contributed by atoms with Crippen LogP contribution in [0.25, 0.3) is 11.1 Å². The minimum Gasteiger partial charge on any atom is -0.463 e. The highest BCUT2D eigenvalue weighted by Gasteiger charge is 2.34. The van der Waals surface area contributed by atoms with E-state index in [4.69, 9.17) is 9.47 Å². The third-order valence-electron chi connectivity index (χ3n) is 4.40. The molecule has 1 amide bonds. The maximum atomic E-state index is 12.8. The fourth-order valence-electron chi connectivity index (χ4n) is 2.81. The van der Waals surface area contributed by atoms with E-state index in [-0.39, 0.29) is 24.0 Å². The minimum absolute atomic E-state index is 0.0194. The van der Waals surface area contributed by atoms with Crippen LogP contribution in [0.5, 0.6) is 0 Å². The maximum absolute atomic E-state index is 12.8. The van der Waals surface area contributed by atoms with Crippen molar-refractivity contribution in [3.8, 4) is 11.1 Å². The lowest BCUT2D eigenvalue weighted by molar-refractivity contribution is -0.145. The lowest BCUT2D eigenvalue weighted by Gasteiger charge is -2.11. The SMILES string of the molecule is O=C(OC1CCOC1=O)c1c(-c2ccccc2)csc1NC(=O)C1CC1. The number of carbonyl (C=O) groups excluding carboxylic acids is 3. The van der Waals surface area contributed by atoms with Gasteiger partial charge in [0.15, 0.2) is 0 Å². The highest BCUT2D eigenvalue weighted by Crippen LogP contribution is 2.38. The molecule has 1 aliphatic heterocycles. The van der Waals surface area contributed by atoms with Crippen LogP contribution in [0.15, 0.2) is 35.7 Å². The van der Waals surface area contributed by atoms with Crippen LogP contribution in [-0.4, -0.2) is 30.6 Å². The number of anilines is 1. The second-order valence-corrected chi connectivity index (χ2v) is 7.21. The molecule has 1 aliphatic carbocycles. The summed E-state index contributed by atoms with van der Waals surface area (Å²) < 4.78 is 10.2. The Morgan fingerprint density at radius 2 is 1.92 bits per heavy atom. The summed E-state index contributed by atoms with van der Waals surface area (Å²) in [5.41, 5.74) is 1.81. The van der Waals surface area contributed by atoms with Crippen molar-refractivity contribution in [2.24, 2.45) is 5.92 Å². The lowest BCUT2D eigenvalue weighted by Crippen LogP contribution is -2.23. The number of hydrogen-bond donors (Lipinski definition) is 1. The van der Waals surface area contributed by atoms with E-state index in [1.807, 2.05) is 35.7 Å². The van der Waals surface area contributed by atoms with Gasteiger partial charge in [0.2, 0.25) is 12.0 Å². The largest absolute Gasteiger partial charge is 0.463 e. The minimum atomic E-state index is -0.891. The van der Waals surface area contributed by atoms with Crippen molar-refractivity contribution in [2.45, 2.75) is 25.4 Å². The number of carbonyl (C=O) groups is 3. The highest BCUT2D eigenvalue weighted by atomic mass is 32.1. The molecule has 1 saturated carbocycles. The topological polar surface area (TPSA) is 81.7 Å². The van der Waals surface area contributed by atoms with Gasteiger partial charge in [0, 0.05) is 23.3 Å². The van der Waals surface area contributed by atoms with Gasteiger partial charge in [-0.25, -0.2) is 9.59 Å². The summed E-state index contributed by atoms with van der Waals surface area (Å²) in [6.45, 7) is 0.247. The first-order valence-electron chi connectivity index (χ1n) is 8.49. The van der Waals surface area contributed by atoms with Crippen molar-refractivity contribution < 1.29 is 23.9 Å². The zero-order chi connectivity index (χ0) is 18.1. The van der Waals surface area contributed by atoms with E-state index in [0.717, 1.165) is 18.4 Å². The third-order valence-corrected chi connectivity index (χ3v) is 5.30. The van der Waals surface area contributed by atoms with E-state index in [9.17, 15) is 14.4 Å². The van der Waals surface area contributed by atoms with Crippen molar-refractivity contribution in [3.63, 3.8) is 0 Å². The summed E-state index contributed by atoms with van der Waals surface area (Å²) in [4.78, 5) is 36.6. The van der Waals surface area contributed by atoms with Gasteiger partial charge in [0.25, 0.3) is 0 Å². The van der Waals surface area contributed by atoms with Gasteiger partial charge < -0.3 is 14.8 Å². The maximum Gasteiger partial charge on any atom is 0.347 e. The van der Waals surface area contributed by atoms with Crippen molar-refractivity contribution in [1.82, 2.24) is 0 Å². The molecule has 2 aliphatic rings. The van der Waals surface area contributed by atoms with E-state index in [2.05, 4.69) is 5.32 Å². The Hall–Kier alpha value is -2.67. The zero-order valence-corrected chi connectivity index (χ0v) is 14.7. The Bertz CT molecular complexity index is 856. The van der Waals surface area contributed by atoms with Crippen LogP contribution in [0.2, 0.25) is 0 Å². The Kier molecular flexibility index (Phi) is 4.46. The van der Waals surface area contributed by atoms with Gasteiger partial charge in [0.1, 0.15) is 10.6 Å². The number of nitrogens with one attached hydrogen (secondary N) is 1. The predicted molar refractivity (Wildman–Crippen MR) is 95.9 cm³/mol. The summed E-state index contributed by atoms with van der Waals surface area (Å²) in [6, 6.07) is 9.40. The molecule has 2 fully saturated rings. The summed E-state index contributed by atoms with van der Waals surface area (Å²) in [5, 5.41) is 5.12. The van der Waals surface area contributed by atoms with Crippen LogP contribution < -0.4 is 5.32 Å². The molecule has 1 unspecified atom stereocenters. The Morgan fingerprint density at radius 3 is 2.58 bits per heavy atom. The van der Waals surface area contributed by atoms with Gasteiger partial charge in [0.05, 0.1) is 6.61 Å². The number of hydrogen-bond acceptors (Lipinski definition) is 6. The quantitative estimate of drug-likeness (QED) is 0.816. The van der Waals surface area contributed by atoms with Crippen LogP contribution in [0.4, 0.5) is 5.00 Å². The molecule has 2 aromatic rings. The molecule has 0 radical (unpaired) electrons. The number of ether oxygens (including phenoxy) is 2. The molecule has 6 nitrogen and oxygen atoms in total.